The van der Waals surface area contributed by atoms with Gasteiger partial charge in [-0.1, -0.05) is 24.3 Å². The summed E-state index contributed by atoms with van der Waals surface area (Å²) in [5, 5.41) is 5.88. The van der Waals surface area contributed by atoms with Crippen LogP contribution in [-0.2, 0) is 22.4 Å². The Morgan fingerprint density at radius 1 is 0.738 bits per heavy atom. The van der Waals surface area contributed by atoms with Gasteiger partial charge in [-0.3, -0.25) is 9.59 Å². The van der Waals surface area contributed by atoms with E-state index in [9.17, 15) is 9.59 Å². The first-order valence-corrected chi connectivity index (χ1v) is 14.7. The Morgan fingerprint density at radius 3 is 1.79 bits per heavy atom. The van der Waals surface area contributed by atoms with E-state index >= 15 is 0 Å². The number of nitrogens with zero attached hydrogens (tertiary/aromatic N) is 2. The summed E-state index contributed by atoms with van der Waals surface area (Å²) in [5.74, 6) is 0.965. The van der Waals surface area contributed by atoms with E-state index in [2.05, 4.69) is 72.1 Å². The molecule has 230 valence electrons. The van der Waals surface area contributed by atoms with Crippen molar-refractivity contribution < 1.29 is 28.0 Å². The number of ether oxygens (including phenoxy) is 2. The molecule has 2 aromatic carbocycles. The number of hydrogen-bond acceptors (Lipinski definition) is 4. The number of benzene rings is 2. The van der Waals surface area contributed by atoms with Crippen molar-refractivity contribution in [2.75, 3.05) is 81.7 Å². The number of amides is 2. The number of quaternary nitrogens is 2. The van der Waals surface area contributed by atoms with Crippen molar-refractivity contribution in [1.82, 2.24) is 10.6 Å². The number of carbonyl (C=O) groups excluding carboxylic acids is 2. The average molecular weight is 581 g/mol. The van der Waals surface area contributed by atoms with Crippen LogP contribution in [0.25, 0.3) is 11.1 Å². The van der Waals surface area contributed by atoms with E-state index in [1.54, 1.807) is 0 Å². The molecule has 2 N–H and O–H groups in total. The molecular weight excluding hydrogens is 528 g/mol. The SMILES string of the molecule is C=CCc1ccc(OCC(=O)NCCC[N+](C)(C)C)c(-c2ccc(OCC(=O)NCCC[N+](C)(C)C)c(CC=C)c2)c1. The lowest BCUT2D eigenvalue weighted by molar-refractivity contribution is -0.870. The Hall–Kier alpha value is -3.62. The summed E-state index contributed by atoms with van der Waals surface area (Å²) in [7, 11) is 12.8. The van der Waals surface area contributed by atoms with Crippen molar-refractivity contribution in [2.45, 2.75) is 25.7 Å². The molecule has 2 amide bonds. The van der Waals surface area contributed by atoms with Crippen molar-refractivity contribution in [3.05, 3.63) is 72.8 Å². The summed E-state index contributed by atoms with van der Waals surface area (Å²) in [5.41, 5.74) is 3.80. The zero-order valence-electron chi connectivity index (χ0n) is 26.6. The monoisotopic (exact) mass is 580 g/mol. The standard InChI is InChI=1S/C34H50N4O4/c1-9-13-27-15-17-32(42-26-34(40)36-20-12-22-38(6,7)8)30(23-27)28-16-18-31(29(24-28)14-10-2)41-25-33(39)35-19-11-21-37(3,4)5/h9-10,15-18,23-24H,1-2,11-14,19-22,25-26H2,3-8H3/p+2. The van der Waals surface area contributed by atoms with Crippen LogP contribution in [0.2, 0.25) is 0 Å². The lowest BCUT2D eigenvalue weighted by atomic mass is 9.97. The number of hydrogen-bond donors (Lipinski definition) is 2. The molecule has 0 aliphatic rings. The molecule has 2 rings (SSSR count). The van der Waals surface area contributed by atoms with Gasteiger partial charge in [0.2, 0.25) is 0 Å². The summed E-state index contributed by atoms with van der Waals surface area (Å²) in [6, 6.07) is 11.8. The van der Waals surface area contributed by atoms with Crippen molar-refractivity contribution in [2.24, 2.45) is 0 Å². The van der Waals surface area contributed by atoms with E-state index < -0.39 is 0 Å². The van der Waals surface area contributed by atoms with Gasteiger partial charge in [-0.05, 0) is 53.8 Å². The third kappa shape index (κ3) is 13.4. The third-order valence-electron chi connectivity index (χ3n) is 6.53. The lowest BCUT2D eigenvalue weighted by Gasteiger charge is -2.23. The number of carbonyl (C=O) groups is 2. The van der Waals surface area contributed by atoms with E-state index in [1.165, 1.54) is 0 Å². The molecular formula is C34H52N4O4+2. The molecule has 0 fully saturated rings. The van der Waals surface area contributed by atoms with Gasteiger partial charge in [0.1, 0.15) is 11.5 Å². The van der Waals surface area contributed by atoms with Crippen LogP contribution in [0.4, 0.5) is 0 Å². The van der Waals surface area contributed by atoms with Crippen LogP contribution >= 0.6 is 0 Å². The molecule has 8 nitrogen and oxygen atoms in total. The summed E-state index contributed by atoms with van der Waals surface area (Å²) in [4.78, 5) is 24.9. The normalized spacial score (nSPS) is 11.5. The molecule has 42 heavy (non-hydrogen) atoms. The zero-order chi connectivity index (χ0) is 31.2. The molecule has 2 aromatic rings. The van der Waals surface area contributed by atoms with Gasteiger partial charge in [0.25, 0.3) is 11.8 Å². The maximum Gasteiger partial charge on any atom is 0.257 e. The predicted octanol–water partition coefficient (Wildman–Crippen LogP) is 3.99. The third-order valence-corrected chi connectivity index (χ3v) is 6.53. The molecule has 0 saturated carbocycles. The fraction of sp³-hybridized carbons (Fsp3) is 0.471. The average Bonchev–Trinajstić information content (AvgIpc) is 2.91. The van der Waals surface area contributed by atoms with Crippen LogP contribution in [0.3, 0.4) is 0 Å². The lowest BCUT2D eigenvalue weighted by Crippen LogP contribution is -2.38. The topological polar surface area (TPSA) is 76.7 Å². The first-order chi connectivity index (χ1) is 19.8. The minimum absolute atomic E-state index is 0.0546. The minimum atomic E-state index is -0.149. The van der Waals surface area contributed by atoms with Crippen LogP contribution in [0.15, 0.2) is 61.7 Å². The molecule has 0 saturated heterocycles. The molecule has 0 aromatic heterocycles. The molecule has 0 atom stereocenters. The maximum atomic E-state index is 12.5. The number of allylic oxidation sites excluding steroid dienone is 2. The molecule has 0 bridgehead atoms. The maximum absolute atomic E-state index is 12.5. The highest BCUT2D eigenvalue weighted by atomic mass is 16.5. The quantitative estimate of drug-likeness (QED) is 0.150. The van der Waals surface area contributed by atoms with E-state index in [0.717, 1.165) is 57.2 Å². The fourth-order valence-electron chi connectivity index (χ4n) is 4.38. The zero-order valence-corrected chi connectivity index (χ0v) is 26.6. The highest BCUT2D eigenvalue weighted by Gasteiger charge is 2.14. The van der Waals surface area contributed by atoms with Gasteiger partial charge in [0.05, 0.1) is 55.4 Å². The summed E-state index contributed by atoms with van der Waals surface area (Å²) < 4.78 is 13.6. The van der Waals surface area contributed by atoms with Crippen LogP contribution in [0.5, 0.6) is 11.5 Å². The van der Waals surface area contributed by atoms with Gasteiger partial charge in [0, 0.05) is 31.5 Å². The van der Waals surface area contributed by atoms with E-state index in [-0.39, 0.29) is 25.0 Å². The predicted molar refractivity (Wildman–Crippen MR) is 172 cm³/mol. The molecule has 0 heterocycles. The van der Waals surface area contributed by atoms with Gasteiger partial charge in [0.15, 0.2) is 13.2 Å². The number of rotatable bonds is 19. The van der Waals surface area contributed by atoms with Crippen LogP contribution in [0.1, 0.15) is 24.0 Å². The smallest absolute Gasteiger partial charge is 0.257 e. The molecule has 0 aliphatic heterocycles. The largest absolute Gasteiger partial charge is 0.483 e. The molecule has 0 unspecified atom stereocenters. The molecule has 0 radical (unpaired) electrons. The molecule has 0 aliphatic carbocycles. The fourth-order valence-corrected chi connectivity index (χ4v) is 4.38. The second kappa shape index (κ2) is 16.7. The van der Waals surface area contributed by atoms with Crippen molar-refractivity contribution in [3.8, 4) is 22.6 Å². The molecule has 0 spiro atoms. The first kappa shape index (κ1) is 34.6. The van der Waals surface area contributed by atoms with Gasteiger partial charge in [-0.2, -0.15) is 0 Å². The number of nitrogens with one attached hydrogen (secondary N) is 2. The Bertz CT molecular complexity index is 1200. The second-order valence-corrected chi connectivity index (χ2v) is 12.7. The highest BCUT2D eigenvalue weighted by Crippen LogP contribution is 2.34. The van der Waals surface area contributed by atoms with Crippen molar-refractivity contribution in [3.63, 3.8) is 0 Å². The van der Waals surface area contributed by atoms with Gasteiger partial charge in [-0.25, -0.2) is 0 Å². The van der Waals surface area contributed by atoms with E-state index in [1.807, 2.05) is 42.5 Å². The van der Waals surface area contributed by atoms with Crippen molar-refractivity contribution in [1.29, 1.82) is 0 Å². The van der Waals surface area contributed by atoms with Crippen LogP contribution in [-0.4, -0.2) is 102 Å². The van der Waals surface area contributed by atoms with Gasteiger partial charge >= 0.3 is 0 Å². The van der Waals surface area contributed by atoms with Gasteiger partial charge < -0.3 is 29.1 Å². The van der Waals surface area contributed by atoms with Crippen LogP contribution < -0.4 is 20.1 Å². The van der Waals surface area contributed by atoms with E-state index in [0.29, 0.717) is 37.4 Å². The Kier molecular flexibility index (Phi) is 13.8. The Balaban J connectivity index is 2.13. The first-order valence-electron chi connectivity index (χ1n) is 14.7. The second-order valence-electron chi connectivity index (χ2n) is 12.7. The van der Waals surface area contributed by atoms with Gasteiger partial charge in [-0.15, -0.1) is 13.2 Å². The highest BCUT2D eigenvalue weighted by molar-refractivity contribution is 5.79. The summed E-state index contributed by atoms with van der Waals surface area (Å²) in [6.45, 7) is 10.8. The summed E-state index contributed by atoms with van der Waals surface area (Å²) in [6.07, 6.45) is 6.76. The van der Waals surface area contributed by atoms with Crippen LogP contribution in [0, 0.1) is 0 Å². The minimum Gasteiger partial charge on any atom is -0.483 e. The Morgan fingerprint density at radius 2 is 1.26 bits per heavy atom. The molecule has 8 heteroatoms. The van der Waals surface area contributed by atoms with E-state index in [4.69, 9.17) is 9.47 Å². The van der Waals surface area contributed by atoms with Crippen molar-refractivity contribution >= 4 is 11.8 Å². The summed E-state index contributed by atoms with van der Waals surface area (Å²) >= 11 is 0. The Labute approximate surface area is 253 Å².